The zero-order valence-electron chi connectivity index (χ0n) is 17.9. The number of carboxylic acids is 1. The van der Waals surface area contributed by atoms with Crippen LogP contribution in [0.1, 0.15) is 42.5 Å². The lowest BCUT2D eigenvalue weighted by Crippen LogP contribution is -2.53. The molecule has 10 heteroatoms. The molecule has 2 fully saturated rings. The number of benzene rings is 1. The third kappa shape index (κ3) is 5.10. The summed E-state index contributed by atoms with van der Waals surface area (Å²) < 4.78 is 59.8. The Morgan fingerprint density at radius 1 is 1.18 bits per heavy atom. The molecule has 0 atom stereocenters. The molecule has 0 spiro atoms. The lowest BCUT2D eigenvalue weighted by atomic mass is 9.67. The molecule has 1 aliphatic heterocycles. The Bertz CT molecular complexity index is 985. The van der Waals surface area contributed by atoms with Gasteiger partial charge in [-0.3, -0.25) is 0 Å². The summed E-state index contributed by atoms with van der Waals surface area (Å²) in [6.45, 7) is 1.72. The molecule has 2 aromatic rings. The minimum Gasteiger partial charge on any atom is -0.478 e. The average molecular weight is 467 g/mol. The number of hydrogen-bond acceptors (Lipinski definition) is 5. The highest BCUT2D eigenvalue weighted by Gasteiger charge is 2.58. The second kappa shape index (κ2) is 9.24. The molecule has 6 nitrogen and oxygen atoms in total. The summed E-state index contributed by atoms with van der Waals surface area (Å²) in [5.41, 5.74) is -1.17. The van der Waals surface area contributed by atoms with Crippen LogP contribution in [0.3, 0.4) is 0 Å². The van der Waals surface area contributed by atoms with Crippen LogP contribution in [0.5, 0.6) is 5.88 Å². The topological polar surface area (TPSA) is 75.6 Å². The Kier molecular flexibility index (Phi) is 6.56. The summed E-state index contributed by atoms with van der Waals surface area (Å²) >= 11 is 0. The van der Waals surface area contributed by atoms with Crippen LogP contribution < -0.4 is 4.74 Å². The fraction of sp³-hybridized carbons (Fsp3) is 0.522. The third-order valence-corrected chi connectivity index (χ3v) is 6.74. The number of likely N-dealkylation sites (tertiary alicyclic amines) is 1. The third-order valence-electron chi connectivity index (χ3n) is 6.74. The number of carboxylic acid groups (broad SMARTS) is 1. The van der Waals surface area contributed by atoms with E-state index in [0.29, 0.717) is 43.3 Å². The van der Waals surface area contributed by atoms with Gasteiger partial charge in [0.1, 0.15) is 5.82 Å². The van der Waals surface area contributed by atoms with Crippen molar-refractivity contribution >= 4 is 5.97 Å². The van der Waals surface area contributed by atoms with Gasteiger partial charge in [-0.2, -0.15) is 13.2 Å². The molecular formula is C23H25F4N3O3. The molecule has 0 unspecified atom stereocenters. The van der Waals surface area contributed by atoms with Crippen LogP contribution >= 0.6 is 0 Å². The number of alkyl halides is 3. The van der Waals surface area contributed by atoms with Crippen LogP contribution in [0.25, 0.3) is 11.3 Å². The molecule has 1 saturated carbocycles. The van der Waals surface area contributed by atoms with Crippen molar-refractivity contribution in [3.63, 3.8) is 0 Å². The predicted molar refractivity (Wildman–Crippen MR) is 111 cm³/mol. The van der Waals surface area contributed by atoms with E-state index in [1.54, 1.807) is 0 Å². The van der Waals surface area contributed by atoms with E-state index < -0.39 is 28.9 Å². The van der Waals surface area contributed by atoms with Crippen LogP contribution in [0.15, 0.2) is 30.6 Å². The fourth-order valence-corrected chi connectivity index (χ4v) is 4.46. The smallest absolute Gasteiger partial charge is 0.395 e. The monoisotopic (exact) mass is 467 g/mol. The van der Waals surface area contributed by atoms with Gasteiger partial charge in [0.05, 0.1) is 35.7 Å². The molecule has 4 rings (SSSR count). The van der Waals surface area contributed by atoms with Gasteiger partial charge < -0.3 is 14.7 Å². The van der Waals surface area contributed by atoms with E-state index in [2.05, 4.69) is 9.97 Å². The molecule has 1 saturated heterocycles. The molecule has 1 aromatic carbocycles. The second-order valence-corrected chi connectivity index (χ2v) is 8.90. The molecule has 178 valence electrons. The number of halogens is 4. The van der Waals surface area contributed by atoms with Crippen LogP contribution in [-0.4, -0.2) is 58.4 Å². The zero-order valence-corrected chi connectivity index (χ0v) is 17.9. The summed E-state index contributed by atoms with van der Waals surface area (Å²) in [6, 6.07) is 3.72. The van der Waals surface area contributed by atoms with E-state index in [0.717, 1.165) is 18.9 Å². The minimum absolute atomic E-state index is 0.0883. The number of rotatable bonds is 7. The van der Waals surface area contributed by atoms with Crippen molar-refractivity contribution < 1.29 is 32.2 Å². The summed E-state index contributed by atoms with van der Waals surface area (Å²) in [5.74, 6) is -1.67. The van der Waals surface area contributed by atoms with Gasteiger partial charge >= 0.3 is 12.1 Å². The van der Waals surface area contributed by atoms with Gasteiger partial charge in [0, 0.05) is 12.1 Å². The number of carbonyl (C=O) groups is 1. The van der Waals surface area contributed by atoms with Crippen LogP contribution in [0.2, 0.25) is 0 Å². The Morgan fingerprint density at radius 2 is 1.91 bits per heavy atom. The first kappa shape index (κ1) is 23.4. The molecule has 1 aliphatic carbocycles. The van der Waals surface area contributed by atoms with E-state index in [4.69, 9.17) is 9.84 Å². The summed E-state index contributed by atoms with van der Waals surface area (Å²) in [7, 11) is 0. The standard InChI is InChI=1S/C23H25F4N3O3/c24-18-10-16(2-3-17(18)21(31)32)19-11-29-20(12-28-19)33-13-15-4-8-30(9-5-15)14-22(6-1-7-22)23(25,26)27/h2-3,10-12,15H,1,4-9,13-14H2,(H,31,32). The van der Waals surface area contributed by atoms with Crippen LogP contribution in [0, 0.1) is 17.2 Å². The van der Waals surface area contributed by atoms with Gasteiger partial charge in [-0.1, -0.05) is 12.5 Å². The first-order valence-corrected chi connectivity index (χ1v) is 10.9. The first-order valence-electron chi connectivity index (χ1n) is 10.9. The van der Waals surface area contributed by atoms with E-state index in [1.807, 2.05) is 4.90 Å². The molecule has 2 aliphatic rings. The highest BCUT2D eigenvalue weighted by atomic mass is 19.4. The van der Waals surface area contributed by atoms with Gasteiger partial charge in [0.2, 0.25) is 5.88 Å². The number of ether oxygens (including phenoxy) is 1. The van der Waals surface area contributed by atoms with Gasteiger partial charge in [-0.25, -0.2) is 19.2 Å². The van der Waals surface area contributed by atoms with Crippen LogP contribution in [0.4, 0.5) is 17.6 Å². The van der Waals surface area contributed by atoms with Gasteiger partial charge in [-0.15, -0.1) is 0 Å². The normalized spacial score (nSPS) is 19.2. The minimum atomic E-state index is -4.14. The highest BCUT2D eigenvalue weighted by Crippen LogP contribution is 2.53. The number of aromatic nitrogens is 2. The fourth-order valence-electron chi connectivity index (χ4n) is 4.46. The first-order chi connectivity index (χ1) is 15.7. The van der Waals surface area contributed by atoms with Gasteiger partial charge in [0.15, 0.2) is 0 Å². The Hall–Kier alpha value is -2.75. The molecule has 0 bridgehead atoms. The van der Waals surface area contributed by atoms with Gasteiger partial charge in [-0.05, 0) is 56.8 Å². The molecule has 1 N–H and O–H groups in total. The lowest BCUT2D eigenvalue weighted by Gasteiger charge is -2.47. The zero-order chi connectivity index (χ0) is 23.6. The van der Waals surface area contributed by atoms with Crippen molar-refractivity contribution in [1.82, 2.24) is 14.9 Å². The summed E-state index contributed by atoms with van der Waals surface area (Å²) in [6.07, 6.45) is 1.31. The quantitative estimate of drug-likeness (QED) is 0.590. The number of hydrogen-bond donors (Lipinski definition) is 1. The van der Waals surface area contributed by atoms with Crippen molar-refractivity contribution in [1.29, 1.82) is 0 Å². The maximum Gasteiger partial charge on any atom is 0.395 e. The Morgan fingerprint density at radius 3 is 2.42 bits per heavy atom. The SMILES string of the molecule is O=C(O)c1ccc(-c2cnc(OCC3CCN(CC4(C(F)(F)F)CCC4)CC3)cn2)cc1F. The van der Waals surface area contributed by atoms with Crippen molar-refractivity contribution in [2.24, 2.45) is 11.3 Å². The van der Waals surface area contributed by atoms with Crippen molar-refractivity contribution in [2.45, 2.75) is 38.3 Å². The Balaban J connectivity index is 1.26. The number of nitrogens with zero attached hydrogens (tertiary/aromatic N) is 3. The highest BCUT2D eigenvalue weighted by molar-refractivity contribution is 5.88. The number of piperidine rings is 1. The summed E-state index contributed by atoms with van der Waals surface area (Å²) in [5, 5.41) is 8.91. The van der Waals surface area contributed by atoms with Gasteiger partial charge in [0.25, 0.3) is 0 Å². The molecule has 1 aromatic heterocycles. The predicted octanol–water partition coefficient (Wildman–Crippen LogP) is 4.80. The van der Waals surface area contributed by atoms with Crippen LogP contribution in [-0.2, 0) is 0 Å². The number of aromatic carboxylic acids is 1. The maximum atomic E-state index is 13.9. The van der Waals surface area contributed by atoms with E-state index in [-0.39, 0.29) is 25.3 Å². The largest absolute Gasteiger partial charge is 0.478 e. The van der Waals surface area contributed by atoms with E-state index in [1.165, 1.54) is 24.5 Å². The molecule has 33 heavy (non-hydrogen) atoms. The van der Waals surface area contributed by atoms with Crippen molar-refractivity contribution in [3.8, 4) is 17.1 Å². The second-order valence-electron chi connectivity index (χ2n) is 8.90. The summed E-state index contributed by atoms with van der Waals surface area (Å²) in [4.78, 5) is 21.2. The van der Waals surface area contributed by atoms with E-state index >= 15 is 0 Å². The maximum absolute atomic E-state index is 13.9. The average Bonchev–Trinajstić information content (AvgIpc) is 2.75. The Labute approximate surface area is 188 Å². The molecule has 0 amide bonds. The molecule has 2 heterocycles. The molecular weight excluding hydrogens is 442 g/mol. The lowest BCUT2D eigenvalue weighted by molar-refractivity contribution is -0.256. The van der Waals surface area contributed by atoms with E-state index in [9.17, 15) is 22.4 Å². The molecule has 0 radical (unpaired) electrons. The van der Waals surface area contributed by atoms with Crippen molar-refractivity contribution in [3.05, 3.63) is 42.0 Å². The van der Waals surface area contributed by atoms with Crippen molar-refractivity contribution in [2.75, 3.05) is 26.2 Å².